The Morgan fingerprint density at radius 3 is 2.62 bits per heavy atom. The smallest absolute Gasteiger partial charge is 0.293 e. The van der Waals surface area contributed by atoms with Gasteiger partial charge in [0.05, 0.1) is 5.69 Å². The molecule has 1 aromatic heterocycles. The number of benzene rings is 2. The second-order valence-electron chi connectivity index (χ2n) is 5.66. The number of rotatable bonds is 3. The molecule has 0 atom stereocenters. The van der Waals surface area contributed by atoms with Gasteiger partial charge in [-0.1, -0.05) is 18.2 Å². The zero-order chi connectivity index (χ0) is 17.3. The fraction of sp³-hybridized carbons (Fsp3) is 0.111. The van der Waals surface area contributed by atoms with Crippen LogP contribution in [0.4, 0.5) is 22.9 Å². The molecule has 1 heterocycles. The topological polar surface area (TPSA) is 99.0 Å². The van der Waals surface area contributed by atoms with Gasteiger partial charge >= 0.3 is 0 Å². The van der Waals surface area contributed by atoms with E-state index >= 15 is 0 Å². The van der Waals surface area contributed by atoms with Crippen LogP contribution in [0.5, 0.6) is 0 Å². The van der Waals surface area contributed by atoms with E-state index < -0.39 is 0 Å². The quantitative estimate of drug-likeness (QED) is 0.644. The third kappa shape index (κ3) is 2.94. The standard InChI is InChI=1S/C18H19N5O/c1-11-14(7-4-8-15(11)20)16-10-23(2)18(24)17(22-16)21-13-6-3-5-12(19)9-13/h3-10H,19-20H2,1-2H3,(H,21,22). The van der Waals surface area contributed by atoms with Gasteiger partial charge in [-0.25, -0.2) is 4.98 Å². The van der Waals surface area contributed by atoms with Crippen molar-refractivity contribution in [2.75, 3.05) is 16.8 Å². The van der Waals surface area contributed by atoms with Crippen molar-refractivity contribution in [1.82, 2.24) is 9.55 Å². The van der Waals surface area contributed by atoms with Crippen molar-refractivity contribution in [1.29, 1.82) is 0 Å². The van der Waals surface area contributed by atoms with Crippen molar-refractivity contribution in [2.45, 2.75) is 6.92 Å². The van der Waals surface area contributed by atoms with Crippen LogP contribution in [0.25, 0.3) is 11.3 Å². The monoisotopic (exact) mass is 321 g/mol. The molecule has 3 rings (SSSR count). The Morgan fingerprint density at radius 1 is 1.12 bits per heavy atom. The maximum absolute atomic E-state index is 12.4. The zero-order valence-electron chi connectivity index (χ0n) is 13.6. The molecule has 5 N–H and O–H groups in total. The highest BCUT2D eigenvalue weighted by molar-refractivity contribution is 5.71. The average molecular weight is 321 g/mol. The molecule has 6 heteroatoms. The summed E-state index contributed by atoms with van der Waals surface area (Å²) >= 11 is 0. The van der Waals surface area contributed by atoms with Crippen LogP contribution >= 0.6 is 0 Å². The van der Waals surface area contributed by atoms with Gasteiger partial charge in [-0.05, 0) is 36.8 Å². The molecule has 0 unspecified atom stereocenters. The van der Waals surface area contributed by atoms with E-state index in [4.69, 9.17) is 11.5 Å². The average Bonchev–Trinajstić information content (AvgIpc) is 2.54. The summed E-state index contributed by atoms with van der Waals surface area (Å²) in [5, 5.41) is 3.04. The van der Waals surface area contributed by atoms with Crippen molar-refractivity contribution in [3.05, 3.63) is 64.6 Å². The molecule has 0 amide bonds. The Bertz CT molecular complexity index is 962. The van der Waals surface area contributed by atoms with E-state index in [0.717, 1.165) is 11.1 Å². The molecular weight excluding hydrogens is 302 g/mol. The molecule has 6 nitrogen and oxygen atoms in total. The Kier molecular flexibility index (Phi) is 3.95. The lowest BCUT2D eigenvalue weighted by molar-refractivity contribution is 0.848. The van der Waals surface area contributed by atoms with Crippen LogP contribution in [0, 0.1) is 6.92 Å². The minimum absolute atomic E-state index is 0.220. The first-order valence-corrected chi connectivity index (χ1v) is 7.51. The summed E-state index contributed by atoms with van der Waals surface area (Å²) in [4.78, 5) is 16.9. The molecule has 122 valence electrons. The largest absolute Gasteiger partial charge is 0.399 e. The van der Waals surface area contributed by atoms with Crippen LogP contribution in [0.15, 0.2) is 53.5 Å². The van der Waals surface area contributed by atoms with Gasteiger partial charge in [0.1, 0.15) is 0 Å². The van der Waals surface area contributed by atoms with E-state index in [1.807, 2.05) is 37.3 Å². The van der Waals surface area contributed by atoms with Crippen molar-refractivity contribution < 1.29 is 0 Å². The predicted molar refractivity (Wildman–Crippen MR) is 98.2 cm³/mol. The van der Waals surface area contributed by atoms with E-state index in [1.165, 1.54) is 4.57 Å². The number of hydrogen-bond donors (Lipinski definition) is 3. The van der Waals surface area contributed by atoms with Gasteiger partial charge < -0.3 is 21.4 Å². The Labute approximate surface area is 139 Å². The van der Waals surface area contributed by atoms with Crippen molar-refractivity contribution in [3.8, 4) is 11.3 Å². The molecule has 0 aliphatic carbocycles. The SMILES string of the molecule is Cc1c(N)cccc1-c1cn(C)c(=O)c(Nc2cccc(N)c2)n1. The number of nitrogens with one attached hydrogen (secondary N) is 1. The van der Waals surface area contributed by atoms with Crippen LogP contribution in [0.3, 0.4) is 0 Å². The minimum atomic E-state index is -0.220. The summed E-state index contributed by atoms with van der Waals surface area (Å²) in [6, 6.07) is 12.8. The summed E-state index contributed by atoms with van der Waals surface area (Å²) in [5.41, 5.74) is 16.0. The Balaban J connectivity index is 2.09. The van der Waals surface area contributed by atoms with Crippen molar-refractivity contribution in [2.24, 2.45) is 7.05 Å². The van der Waals surface area contributed by atoms with E-state index in [1.54, 1.807) is 25.4 Å². The second kappa shape index (κ2) is 6.08. The molecule has 3 aromatic rings. The molecule has 24 heavy (non-hydrogen) atoms. The number of nitrogens with zero attached hydrogens (tertiary/aromatic N) is 2. The fourth-order valence-electron chi connectivity index (χ4n) is 2.50. The van der Waals surface area contributed by atoms with Crippen LogP contribution in [-0.2, 0) is 7.05 Å². The predicted octanol–water partition coefficient (Wildman–Crippen LogP) is 2.66. The van der Waals surface area contributed by atoms with Gasteiger partial charge in [0.15, 0.2) is 5.82 Å². The highest BCUT2D eigenvalue weighted by atomic mass is 16.1. The normalized spacial score (nSPS) is 10.6. The third-order valence-electron chi connectivity index (χ3n) is 3.87. The Hall–Kier alpha value is -3.28. The summed E-state index contributed by atoms with van der Waals surface area (Å²) in [6.45, 7) is 1.93. The van der Waals surface area contributed by atoms with Crippen LogP contribution < -0.4 is 22.3 Å². The molecule has 0 aliphatic heterocycles. The molecule has 0 saturated carbocycles. The summed E-state index contributed by atoms with van der Waals surface area (Å²) in [6.07, 6.45) is 1.70. The number of nitrogens with two attached hydrogens (primary N) is 2. The Morgan fingerprint density at radius 2 is 1.88 bits per heavy atom. The number of anilines is 4. The second-order valence-corrected chi connectivity index (χ2v) is 5.66. The fourth-order valence-corrected chi connectivity index (χ4v) is 2.50. The molecule has 0 radical (unpaired) electrons. The lowest BCUT2D eigenvalue weighted by atomic mass is 10.0. The van der Waals surface area contributed by atoms with Gasteiger partial charge in [-0.15, -0.1) is 0 Å². The number of nitrogen functional groups attached to an aromatic ring is 2. The number of aryl methyl sites for hydroxylation is 1. The van der Waals surface area contributed by atoms with Gasteiger partial charge in [-0.3, -0.25) is 4.79 Å². The summed E-state index contributed by atoms with van der Waals surface area (Å²) in [5.74, 6) is 0.238. The molecule has 0 bridgehead atoms. The van der Waals surface area contributed by atoms with Crippen molar-refractivity contribution in [3.63, 3.8) is 0 Å². The van der Waals surface area contributed by atoms with Crippen molar-refractivity contribution >= 4 is 22.9 Å². The maximum Gasteiger partial charge on any atom is 0.293 e. The van der Waals surface area contributed by atoms with Gasteiger partial charge in [-0.2, -0.15) is 0 Å². The molecule has 0 fully saturated rings. The molecule has 0 aliphatic rings. The van der Waals surface area contributed by atoms with Crippen LogP contribution in [0.2, 0.25) is 0 Å². The first kappa shape index (κ1) is 15.6. The lowest BCUT2D eigenvalue weighted by Crippen LogP contribution is -2.21. The van der Waals surface area contributed by atoms with Crippen LogP contribution in [0.1, 0.15) is 5.56 Å². The third-order valence-corrected chi connectivity index (χ3v) is 3.87. The van der Waals surface area contributed by atoms with E-state index in [-0.39, 0.29) is 11.4 Å². The first-order chi connectivity index (χ1) is 11.5. The van der Waals surface area contributed by atoms with E-state index in [2.05, 4.69) is 10.3 Å². The van der Waals surface area contributed by atoms with Gasteiger partial charge in [0.2, 0.25) is 0 Å². The summed E-state index contributed by atoms with van der Waals surface area (Å²) < 4.78 is 1.50. The minimum Gasteiger partial charge on any atom is -0.399 e. The molecule has 2 aromatic carbocycles. The van der Waals surface area contributed by atoms with Crippen LogP contribution in [-0.4, -0.2) is 9.55 Å². The number of aromatic nitrogens is 2. The highest BCUT2D eigenvalue weighted by Gasteiger charge is 2.11. The molecule has 0 spiro atoms. The first-order valence-electron chi connectivity index (χ1n) is 7.51. The van der Waals surface area contributed by atoms with E-state index in [9.17, 15) is 4.79 Å². The number of hydrogen-bond acceptors (Lipinski definition) is 5. The molecular formula is C18H19N5O. The van der Waals surface area contributed by atoms with Gasteiger partial charge in [0, 0.05) is 35.9 Å². The molecule has 0 saturated heterocycles. The lowest BCUT2D eigenvalue weighted by Gasteiger charge is -2.12. The van der Waals surface area contributed by atoms with E-state index in [0.29, 0.717) is 22.8 Å². The van der Waals surface area contributed by atoms with Gasteiger partial charge in [0.25, 0.3) is 5.56 Å². The highest BCUT2D eigenvalue weighted by Crippen LogP contribution is 2.26. The zero-order valence-corrected chi connectivity index (χ0v) is 13.6. The summed E-state index contributed by atoms with van der Waals surface area (Å²) in [7, 11) is 1.69. The maximum atomic E-state index is 12.4.